The maximum Gasteiger partial charge on any atom is 0.326 e. The molecule has 1 amide bonds. The molecule has 1 rings (SSSR count). The van der Waals surface area contributed by atoms with Crippen LogP contribution in [-0.4, -0.2) is 39.0 Å². The van der Waals surface area contributed by atoms with Crippen LogP contribution in [0.3, 0.4) is 0 Å². The Kier molecular flexibility index (Phi) is 5.88. The maximum absolute atomic E-state index is 11.7. The molecule has 1 aromatic rings. The van der Waals surface area contributed by atoms with Crippen LogP contribution < -0.4 is 5.32 Å². The molecule has 0 saturated heterocycles. The number of nitrogens with one attached hydrogen (secondary N) is 1. The van der Waals surface area contributed by atoms with Crippen LogP contribution in [0.4, 0.5) is 0 Å². The van der Waals surface area contributed by atoms with E-state index in [4.69, 9.17) is 14.9 Å². The molecule has 4 N–H and O–H groups in total. The lowest BCUT2D eigenvalue weighted by Crippen LogP contribution is -2.42. The highest BCUT2D eigenvalue weighted by atomic mass is 31.2. The smallest absolute Gasteiger partial charge is 0.326 e. The van der Waals surface area contributed by atoms with Crippen molar-refractivity contribution in [3.8, 4) is 0 Å². The van der Waals surface area contributed by atoms with Gasteiger partial charge in [0.25, 0.3) is 0 Å². The van der Waals surface area contributed by atoms with E-state index >= 15 is 0 Å². The number of hydrogen-bond donors (Lipinski definition) is 4. The predicted octanol–water partition coefficient (Wildman–Crippen LogP) is 0.366. The molecular formula is C12H16NO6P. The van der Waals surface area contributed by atoms with Gasteiger partial charge in [0.05, 0.1) is 12.6 Å². The number of carbonyl (C=O) groups excluding carboxylic acids is 1. The highest BCUT2D eigenvalue weighted by Crippen LogP contribution is 2.35. The van der Waals surface area contributed by atoms with Crippen molar-refractivity contribution in [1.82, 2.24) is 5.32 Å². The molecule has 0 saturated carbocycles. The average Bonchev–Trinajstić information content (AvgIpc) is 2.34. The summed E-state index contributed by atoms with van der Waals surface area (Å²) < 4.78 is 10.7. The number of hydrogen-bond acceptors (Lipinski definition) is 3. The largest absolute Gasteiger partial charge is 0.480 e. The zero-order valence-corrected chi connectivity index (χ0v) is 11.5. The topological polar surface area (TPSA) is 124 Å². The van der Waals surface area contributed by atoms with Crippen molar-refractivity contribution in [2.24, 2.45) is 0 Å². The number of benzene rings is 1. The van der Waals surface area contributed by atoms with Gasteiger partial charge in [-0.25, -0.2) is 4.79 Å². The Labute approximate surface area is 115 Å². The minimum atomic E-state index is -4.28. The van der Waals surface area contributed by atoms with Crippen molar-refractivity contribution < 1.29 is 29.0 Å². The van der Waals surface area contributed by atoms with Crippen LogP contribution in [0, 0.1) is 0 Å². The Morgan fingerprint density at radius 2 is 1.80 bits per heavy atom. The van der Waals surface area contributed by atoms with Crippen LogP contribution in [0.1, 0.15) is 12.0 Å². The third-order valence-corrected chi connectivity index (χ3v) is 3.39. The van der Waals surface area contributed by atoms with E-state index < -0.39 is 31.7 Å². The minimum absolute atomic E-state index is 0.0144. The van der Waals surface area contributed by atoms with E-state index in [2.05, 4.69) is 5.32 Å². The van der Waals surface area contributed by atoms with Crippen molar-refractivity contribution in [3.05, 3.63) is 35.9 Å². The normalized spacial score (nSPS) is 12.7. The van der Waals surface area contributed by atoms with Crippen molar-refractivity contribution in [2.75, 3.05) is 6.16 Å². The summed E-state index contributed by atoms with van der Waals surface area (Å²) in [5.74, 6) is -1.82. The van der Waals surface area contributed by atoms with Crippen molar-refractivity contribution in [1.29, 1.82) is 0 Å². The zero-order chi connectivity index (χ0) is 15.2. The molecule has 0 spiro atoms. The van der Waals surface area contributed by atoms with Gasteiger partial charge in [-0.1, -0.05) is 30.3 Å². The Morgan fingerprint density at radius 1 is 1.20 bits per heavy atom. The fraction of sp³-hybridized carbons (Fsp3) is 0.333. The second-order valence-corrected chi connectivity index (χ2v) is 6.07. The molecule has 0 heterocycles. The standard InChI is InChI=1S/C12H16NO6P/c14-11(8-9-4-2-1-3-5-9)13-10(12(15)16)6-7-20(17,18)19/h1-5,10H,6-8H2,(H,13,14)(H,15,16)(H2,17,18,19). The molecule has 20 heavy (non-hydrogen) atoms. The lowest BCUT2D eigenvalue weighted by molar-refractivity contribution is -0.141. The van der Waals surface area contributed by atoms with E-state index in [9.17, 15) is 14.2 Å². The Balaban J connectivity index is 2.55. The third-order valence-electron chi connectivity index (χ3n) is 2.55. The monoisotopic (exact) mass is 301 g/mol. The van der Waals surface area contributed by atoms with E-state index in [0.717, 1.165) is 5.56 Å². The van der Waals surface area contributed by atoms with E-state index in [0.29, 0.717) is 0 Å². The van der Waals surface area contributed by atoms with Gasteiger partial charge in [0.2, 0.25) is 5.91 Å². The average molecular weight is 301 g/mol. The summed E-state index contributed by atoms with van der Waals surface area (Å²) in [5.41, 5.74) is 0.726. The van der Waals surface area contributed by atoms with Gasteiger partial charge in [-0.3, -0.25) is 9.36 Å². The maximum atomic E-state index is 11.7. The van der Waals surface area contributed by atoms with Crippen LogP contribution in [0.15, 0.2) is 30.3 Å². The minimum Gasteiger partial charge on any atom is -0.480 e. The lowest BCUT2D eigenvalue weighted by atomic mass is 10.1. The van der Waals surface area contributed by atoms with Crippen molar-refractivity contribution in [2.45, 2.75) is 18.9 Å². The zero-order valence-electron chi connectivity index (χ0n) is 10.6. The van der Waals surface area contributed by atoms with Gasteiger partial charge in [-0.05, 0) is 12.0 Å². The highest BCUT2D eigenvalue weighted by Gasteiger charge is 2.24. The fourth-order valence-electron chi connectivity index (χ4n) is 1.58. The first-order valence-corrected chi connectivity index (χ1v) is 7.68. The molecule has 0 radical (unpaired) electrons. The summed E-state index contributed by atoms with van der Waals surface area (Å²) in [4.78, 5) is 40.1. The highest BCUT2D eigenvalue weighted by molar-refractivity contribution is 7.51. The summed E-state index contributed by atoms with van der Waals surface area (Å²) in [6, 6.07) is 7.45. The molecule has 0 aromatic heterocycles. The van der Waals surface area contributed by atoms with Crippen molar-refractivity contribution >= 4 is 19.5 Å². The Morgan fingerprint density at radius 3 is 2.30 bits per heavy atom. The summed E-state index contributed by atoms with van der Waals surface area (Å²) in [7, 11) is -4.28. The first kappa shape index (κ1) is 16.4. The van der Waals surface area contributed by atoms with Gasteiger partial charge in [0, 0.05) is 0 Å². The fourth-order valence-corrected chi connectivity index (χ4v) is 2.18. The molecule has 110 valence electrons. The van der Waals surface area contributed by atoms with Crippen LogP contribution >= 0.6 is 7.60 Å². The molecule has 1 atom stereocenters. The molecule has 1 unspecified atom stereocenters. The molecule has 0 aliphatic heterocycles. The number of rotatable bonds is 7. The predicted molar refractivity (Wildman–Crippen MR) is 71.2 cm³/mol. The molecule has 8 heteroatoms. The van der Waals surface area contributed by atoms with Crippen LogP contribution in [0.5, 0.6) is 0 Å². The van der Waals surface area contributed by atoms with E-state index in [1.54, 1.807) is 30.3 Å². The van der Waals surface area contributed by atoms with E-state index in [-0.39, 0.29) is 12.8 Å². The summed E-state index contributed by atoms with van der Waals surface area (Å²) >= 11 is 0. The van der Waals surface area contributed by atoms with Gasteiger partial charge >= 0.3 is 13.6 Å². The first-order valence-electron chi connectivity index (χ1n) is 5.88. The number of aliphatic carboxylic acids is 1. The Bertz CT molecular complexity index is 512. The molecule has 0 aliphatic carbocycles. The molecule has 7 nitrogen and oxygen atoms in total. The second-order valence-electron chi connectivity index (χ2n) is 4.30. The van der Waals surface area contributed by atoms with Gasteiger partial charge in [0.15, 0.2) is 0 Å². The quantitative estimate of drug-likeness (QED) is 0.539. The molecule has 0 aliphatic rings. The second kappa shape index (κ2) is 7.19. The molecular weight excluding hydrogens is 285 g/mol. The number of carboxylic acid groups (broad SMARTS) is 1. The third kappa shape index (κ3) is 6.47. The van der Waals surface area contributed by atoms with E-state index in [1.165, 1.54) is 0 Å². The van der Waals surface area contributed by atoms with E-state index in [1.807, 2.05) is 0 Å². The lowest BCUT2D eigenvalue weighted by Gasteiger charge is -2.14. The number of carbonyl (C=O) groups is 2. The number of amides is 1. The van der Waals surface area contributed by atoms with Crippen LogP contribution in [0.25, 0.3) is 0 Å². The van der Waals surface area contributed by atoms with Crippen LogP contribution in [0.2, 0.25) is 0 Å². The first-order chi connectivity index (χ1) is 9.28. The summed E-state index contributed by atoms with van der Waals surface area (Å²) in [6.45, 7) is 0. The number of carboxylic acids is 1. The summed E-state index contributed by atoms with van der Waals surface area (Å²) in [6.07, 6.45) is -0.893. The summed E-state index contributed by atoms with van der Waals surface area (Å²) in [5, 5.41) is 11.2. The van der Waals surface area contributed by atoms with Gasteiger partial charge < -0.3 is 20.2 Å². The molecule has 0 bridgehead atoms. The van der Waals surface area contributed by atoms with Gasteiger partial charge in [-0.15, -0.1) is 0 Å². The van der Waals surface area contributed by atoms with Crippen LogP contribution in [-0.2, 0) is 20.6 Å². The molecule has 0 fully saturated rings. The van der Waals surface area contributed by atoms with Crippen molar-refractivity contribution in [3.63, 3.8) is 0 Å². The Hall–Kier alpha value is -1.69. The SMILES string of the molecule is O=C(Cc1ccccc1)NC(CCP(=O)(O)O)C(=O)O. The van der Waals surface area contributed by atoms with Gasteiger partial charge in [-0.2, -0.15) is 0 Å². The van der Waals surface area contributed by atoms with Gasteiger partial charge in [0.1, 0.15) is 6.04 Å². The molecule has 1 aromatic carbocycles.